The first kappa shape index (κ1) is 24.8. The number of thiocarbonyl (C=S) groups is 1. The van der Waals surface area contributed by atoms with Gasteiger partial charge in [0.25, 0.3) is 11.8 Å². The van der Waals surface area contributed by atoms with Crippen LogP contribution in [0.2, 0.25) is 0 Å². The number of benzene rings is 2. The lowest BCUT2D eigenvalue weighted by atomic mass is 10.1. The molecule has 2 amide bonds. The molecule has 0 saturated carbocycles. The maximum absolute atomic E-state index is 12.6. The van der Waals surface area contributed by atoms with Crippen molar-refractivity contribution in [3.05, 3.63) is 58.0 Å². The lowest BCUT2D eigenvalue weighted by molar-refractivity contribution is -0.122. The van der Waals surface area contributed by atoms with Crippen molar-refractivity contribution in [1.29, 1.82) is 0 Å². The number of hydrogen-bond acceptors (Lipinski definition) is 6. The van der Waals surface area contributed by atoms with Gasteiger partial charge in [0.15, 0.2) is 18.1 Å². The number of nitrogens with zero attached hydrogens (tertiary/aromatic N) is 1. The molecule has 3 rings (SSSR count). The SMILES string of the molecule is CCCN1C(=O)/C(=C/c2ccc(OCC(=O)Nc3ccc(C)c(C)c3)c(OCC)c2)SC1=S. The van der Waals surface area contributed by atoms with Gasteiger partial charge >= 0.3 is 0 Å². The van der Waals surface area contributed by atoms with Crippen molar-refractivity contribution in [3.63, 3.8) is 0 Å². The van der Waals surface area contributed by atoms with Crippen LogP contribution in [-0.2, 0) is 9.59 Å². The van der Waals surface area contributed by atoms with E-state index in [4.69, 9.17) is 21.7 Å². The fraction of sp³-hybridized carbons (Fsp3) is 0.320. The number of thioether (sulfide) groups is 1. The van der Waals surface area contributed by atoms with Crippen LogP contribution in [0.3, 0.4) is 0 Å². The van der Waals surface area contributed by atoms with E-state index in [1.54, 1.807) is 23.1 Å². The van der Waals surface area contributed by atoms with E-state index in [0.29, 0.717) is 33.9 Å². The molecule has 33 heavy (non-hydrogen) atoms. The highest BCUT2D eigenvalue weighted by Gasteiger charge is 2.31. The summed E-state index contributed by atoms with van der Waals surface area (Å²) in [6.45, 7) is 8.81. The third-order valence-electron chi connectivity index (χ3n) is 5.04. The first-order valence-electron chi connectivity index (χ1n) is 10.8. The molecule has 8 heteroatoms. The van der Waals surface area contributed by atoms with E-state index >= 15 is 0 Å². The van der Waals surface area contributed by atoms with Crippen molar-refractivity contribution in [2.45, 2.75) is 34.1 Å². The minimum atomic E-state index is -0.260. The summed E-state index contributed by atoms with van der Waals surface area (Å²) in [5, 5.41) is 2.84. The second kappa shape index (κ2) is 11.3. The standard InChI is InChI=1S/C25H28N2O4S2/c1-5-11-27-24(29)22(33-25(27)32)14-18-8-10-20(21(13-18)30-6-2)31-15-23(28)26-19-9-7-16(3)17(4)12-19/h7-10,12-14H,5-6,11,15H2,1-4H3,(H,26,28)/b22-14-. The molecule has 0 bridgehead atoms. The minimum Gasteiger partial charge on any atom is -0.490 e. The predicted molar refractivity (Wildman–Crippen MR) is 138 cm³/mol. The third kappa shape index (κ3) is 6.36. The highest BCUT2D eigenvalue weighted by molar-refractivity contribution is 8.26. The van der Waals surface area contributed by atoms with Crippen molar-refractivity contribution in [1.82, 2.24) is 4.90 Å². The lowest BCUT2D eigenvalue weighted by Crippen LogP contribution is -2.28. The number of aryl methyl sites for hydroxylation is 2. The molecule has 0 spiro atoms. The summed E-state index contributed by atoms with van der Waals surface area (Å²) in [7, 11) is 0. The van der Waals surface area contributed by atoms with Crippen LogP contribution in [-0.4, -0.2) is 40.8 Å². The number of carbonyl (C=O) groups excluding carboxylic acids is 2. The molecule has 1 saturated heterocycles. The molecule has 2 aromatic carbocycles. The van der Waals surface area contributed by atoms with Crippen LogP contribution in [0.5, 0.6) is 11.5 Å². The Balaban J connectivity index is 1.69. The van der Waals surface area contributed by atoms with Crippen molar-refractivity contribution in [2.24, 2.45) is 0 Å². The van der Waals surface area contributed by atoms with Crippen LogP contribution in [0.1, 0.15) is 37.0 Å². The third-order valence-corrected chi connectivity index (χ3v) is 6.41. The highest BCUT2D eigenvalue weighted by Crippen LogP contribution is 2.35. The zero-order chi connectivity index (χ0) is 24.0. The van der Waals surface area contributed by atoms with Crippen molar-refractivity contribution < 1.29 is 19.1 Å². The molecule has 1 fully saturated rings. The van der Waals surface area contributed by atoms with Crippen molar-refractivity contribution in [3.8, 4) is 11.5 Å². The summed E-state index contributed by atoms with van der Waals surface area (Å²) in [5.74, 6) is 0.634. The Morgan fingerprint density at radius 3 is 2.58 bits per heavy atom. The summed E-state index contributed by atoms with van der Waals surface area (Å²) in [4.78, 5) is 27.2. The predicted octanol–water partition coefficient (Wildman–Crippen LogP) is 5.33. The molecule has 0 atom stereocenters. The molecule has 0 aromatic heterocycles. The van der Waals surface area contributed by atoms with Crippen LogP contribution < -0.4 is 14.8 Å². The van der Waals surface area contributed by atoms with Gasteiger partial charge in [-0.25, -0.2) is 0 Å². The van der Waals surface area contributed by atoms with Crippen LogP contribution in [0.4, 0.5) is 5.69 Å². The molecular formula is C25H28N2O4S2. The monoisotopic (exact) mass is 484 g/mol. The maximum Gasteiger partial charge on any atom is 0.266 e. The number of amides is 2. The van der Waals surface area contributed by atoms with Gasteiger partial charge in [0, 0.05) is 12.2 Å². The number of rotatable bonds is 9. The lowest BCUT2D eigenvalue weighted by Gasteiger charge is -2.13. The Morgan fingerprint density at radius 1 is 1.09 bits per heavy atom. The Labute approximate surface area is 204 Å². The molecular weight excluding hydrogens is 456 g/mol. The molecule has 6 nitrogen and oxygen atoms in total. The van der Waals surface area contributed by atoms with Gasteiger partial charge in [0.2, 0.25) is 0 Å². The number of anilines is 1. The fourth-order valence-electron chi connectivity index (χ4n) is 3.23. The maximum atomic E-state index is 12.6. The molecule has 1 N–H and O–H groups in total. The second-order valence-electron chi connectivity index (χ2n) is 7.61. The van der Waals surface area contributed by atoms with Gasteiger partial charge in [0.05, 0.1) is 11.5 Å². The first-order chi connectivity index (χ1) is 15.8. The first-order valence-corrected chi connectivity index (χ1v) is 12.1. The summed E-state index contributed by atoms with van der Waals surface area (Å²) >= 11 is 6.63. The number of hydrogen-bond donors (Lipinski definition) is 1. The van der Waals surface area contributed by atoms with Crippen LogP contribution in [0, 0.1) is 13.8 Å². The van der Waals surface area contributed by atoms with Gasteiger partial charge < -0.3 is 14.8 Å². The van der Waals surface area contributed by atoms with E-state index in [9.17, 15) is 9.59 Å². The fourth-order valence-corrected chi connectivity index (χ4v) is 4.54. The van der Waals surface area contributed by atoms with Gasteiger partial charge in [-0.15, -0.1) is 0 Å². The summed E-state index contributed by atoms with van der Waals surface area (Å²) in [6, 6.07) is 11.1. The van der Waals surface area contributed by atoms with Gasteiger partial charge in [-0.3, -0.25) is 14.5 Å². The van der Waals surface area contributed by atoms with Gasteiger partial charge in [0.1, 0.15) is 4.32 Å². The zero-order valence-electron chi connectivity index (χ0n) is 19.3. The number of nitrogens with one attached hydrogen (secondary N) is 1. The highest BCUT2D eigenvalue weighted by atomic mass is 32.2. The Hall–Kier alpha value is -2.84. The Morgan fingerprint density at radius 2 is 1.88 bits per heavy atom. The smallest absolute Gasteiger partial charge is 0.266 e. The van der Waals surface area contributed by atoms with E-state index in [1.807, 2.05) is 52.0 Å². The van der Waals surface area contributed by atoms with Gasteiger partial charge in [-0.1, -0.05) is 43.0 Å². The molecule has 1 aliphatic rings. The van der Waals surface area contributed by atoms with E-state index < -0.39 is 0 Å². The zero-order valence-corrected chi connectivity index (χ0v) is 20.9. The summed E-state index contributed by atoms with van der Waals surface area (Å²) in [5.41, 5.74) is 3.79. The molecule has 0 aliphatic carbocycles. The number of ether oxygens (including phenoxy) is 2. The van der Waals surface area contributed by atoms with Crippen LogP contribution in [0.25, 0.3) is 6.08 Å². The van der Waals surface area contributed by atoms with E-state index in [0.717, 1.165) is 23.2 Å². The second-order valence-corrected chi connectivity index (χ2v) is 9.28. The topological polar surface area (TPSA) is 67.9 Å². The molecule has 1 heterocycles. The average molecular weight is 485 g/mol. The van der Waals surface area contributed by atoms with Gasteiger partial charge in [-0.2, -0.15) is 0 Å². The van der Waals surface area contributed by atoms with Crippen molar-refractivity contribution >= 4 is 51.9 Å². The van der Waals surface area contributed by atoms with Gasteiger partial charge in [-0.05, 0) is 74.2 Å². The van der Waals surface area contributed by atoms with E-state index in [-0.39, 0.29) is 18.4 Å². The molecule has 2 aromatic rings. The number of carbonyl (C=O) groups is 2. The van der Waals surface area contributed by atoms with Crippen LogP contribution >= 0.6 is 24.0 Å². The molecule has 174 valence electrons. The van der Waals surface area contributed by atoms with E-state index in [1.165, 1.54) is 17.3 Å². The van der Waals surface area contributed by atoms with E-state index in [2.05, 4.69) is 5.32 Å². The Kier molecular flexibility index (Phi) is 8.52. The van der Waals surface area contributed by atoms with Crippen molar-refractivity contribution in [2.75, 3.05) is 25.1 Å². The van der Waals surface area contributed by atoms with Crippen LogP contribution in [0.15, 0.2) is 41.3 Å². The summed E-state index contributed by atoms with van der Waals surface area (Å²) < 4.78 is 12.0. The largest absolute Gasteiger partial charge is 0.490 e. The molecule has 0 radical (unpaired) electrons. The molecule has 0 unspecified atom stereocenters. The normalized spacial score (nSPS) is 14.7. The summed E-state index contributed by atoms with van der Waals surface area (Å²) in [6.07, 6.45) is 2.64. The Bertz CT molecular complexity index is 1100. The quantitative estimate of drug-likeness (QED) is 0.383. The molecule has 1 aliphatic heterocycles. The minimum absolute atomic E-state index is 0.0758. The average Bonchev–Trinajstić information content (AvgIpc) is 3.03.